The summed E-state index contributed by atoms with van der Waals surface area (Å²) >= 11 is 0. The van der Waals surface area contributed by atoms with Gasteiger partial charge in [0.25, 0.3) is 5.56 Å². The molecule has 1 aromatic heterocycles. The third-order valence-electron chi connectivity index (χ3n) is 5.18. The van der Waals surface area contributed by atoms with Crippen molar-refractivity contribution in [1.29, 1.82) is 0 Å². The number of ether oxygens (including phenoxy) is 1. The van der Waals surface area contributed by atoms with E-state index in [-0.39, 0.29) is 17.1 Å². The average Bonchev–Trinajstić information content (AvgIpc) is 2.72. The van der Waals surface area contributed by atoms with Gasteiger partial charge in [-0.1, -0.05) is 24.3 Å². The molecule has 1 saturated heterocycles. The molecule has 1 aliphatic rings. The highest BCUT2D eigenvalue weighted by Crippen LogP contribution is 2.19. The molecule has 6 nitrogen and oxygen atoms in total. The van der Waals surface area contributed by atoms with Crippen molar-refractivity contribution in [1.82, 2.24) is 19.6 Å². The molecule has 0 radical (unpaired) electrons. The summed E-state index contributed by atoms with van der Waals surface area (Å²) in [7, 11) is 1.47. The molecule has 4 rings (SSSR count). The summed E-state index contributed by atoms with van der Waals surface area (Å²) in [6.45, 7) is 4.56. The number of hydrogen-bond acceptors (Lipinski definition) is 5. The van der Waals surface area contributed by atoms with Crippen molar-refractivity contribution in [3.8, 4) is 5.75 Å². The molecule has 1 fully saturated rings. The first kappa shape index (κ1) is 18.6. The second-order valence-corrected chi connectivity index (χ2v) is 7.04. The van der Waals surface area contributed by atoms with Crippen LogP contribution in [0.2, 0.25) is 0 Å². The third-order valence-corrected chi connectivity index (χ3v) is 5.18. The molecule has 0 atom stereocenters. The van der Waals surface area contributed by atoms with E-state index in [2.05, 4.69) is 14.9 Å². The Hall–Kier alpha value is -2.77. The number of hydrogen-bond donors (Lipinski definition) is 0. The minimum atomic E-state index is -0.333. The molecular weight excluding hydrogens is 359 g/mol. The van der Waals surface area contributed by atoms with Crippen molar-refractivity contribution in [3.05, 3.63) is 70.4 Å². The molecule has 28 heavy (non-hydrogen) atoms. The van der Waals surface area contributed by atoms with Crippen LogP contribution in [0.4, 0.5) is 4.39 Å². The van der Waals surface area contributed by atoms with Crippen LogP contribution >= 0.6 is 0 Å². The Kier molecular flexibility index (Phi) is 5.36. The van der Waals surface area contributed by atoms with Crippen LogP contribution < -0.4 is 10.3 Å². The van der Waals surface area contributed by atoms with Gasteiger partial charge in [0, 0.05) is 38.1 Å². The number of methoxy groups -OCH3 is 1. The van der Waals surface area contributed by atoms with E-state index >= 15 is 0 Å². The van der Waals surface area contributed by atoms with E-state index in [1.165, 1.54) is 17.9 Å². The van der Waals surface area contributed by atoms with Gasteiger partial charge in [0.2, 0.25) is 0 Å². The van der Waals surface area contributed by atoms with Crippen molar-refractivity contribution in [2.24, 2.45) is 0 Å². The maximum atomic E-state index is 13.9. The van der Waals surface area contributed by atoms with Gasteiger partial charge in [0.05, 0.1) is 25.4 Å². The lowest BCUT2D eigenvalue weighted by molar-refractivity contribution is 0.0971. The Morgan fingerprint density at radius 1 is 1.07 bits per heavy atom. The molecule has 7 heteroatoms. The minimum absolute atomic E-state index is 0.0609. The average molecular weight is 382 g/mol. The van der Waals surface area contributed by atoms with E-state index in [0.29, 0.717) is 18.6 Å². The maximum absolute atomic E-state index is 13.9. The van der Waals surface area contributed by atoms with Gasteiger partial charge in [-0.3, -0.25) is 14.6 Å². The summed E-state index contributed by atoms with van der Waals surface area (Å²) in [6, 6.07) is 12.6. The summed E-state index contributed by atoms with van der Waals surface area (Å²) in [5.74, 6) is -0.0673. The Bertz CT molecular complexity index is 1030. The first-order valence-corrected chi connectivity index (χ1v) is 9.36. The van der Waals surface area contributed by atoms with Crippen LogP contribution in [0.1, 0.15) is 5.56 Å². The van der Waals surface area contributed by atoms with Gasteiger partial charge in [-0.05, 0) is 23.8 Å². The van der Waals surface area contributed by atoms with Crippen molar-refractivity contribution >= 4 is 10.8 Å². The molecule has 0 saturated carbocycles. The predicted octanol–water partition coefficient (Wildman–Crippen LogP) is 2.32. The zero-order chi connectivity index (χ0) is 19.5. The van der Waals surface area contributed by atoms with Crippen LogP contribution in [0.5, 0.6) is 5.75 Å². The lowest BCUT2D eigenvalue weighted by Crippen LogP contribution is -2.47. The highest BCUT2D eigenvalue weighted by atomic mass is 19.1. The smallest absolute Gasteiger partial charge is 0.275 e. The van der Waals surface area contributed by atoms with Crippen LogP contribution in [0, 0.1) is 5.82 Å². The summed E-state index contributed by atoms with van der Waals surface area (Å²) in [6.07, 6.45) is 1.74. The van der Waals surface area contributed by atoms with E-state index in [0.717, 1.165) is 37.1 Å². The number of aromatic nitrogens is 2. The van der Waals surface area contributed by atoms with Gasteiger partial charge in [-0.2, -0.15) is 5.10 Å². The normalized spacial score (nSPS) is 15.8. The number of piperazine rings is 1. The monoisotopic (exact) mass is 382 g/mol. The van der Waals surface area contributed by atoms with Gasteiger partial charge in [0.15, 0.2) is 11.6 Å². The molecule has 0 spiro atoms. The Labute approximate surface area is 162 Å². The second kappa shape index (κ2) is 8.08. The topological polar surface area (TPSA) is 50.6 Å². The Morgan fingerprint density at radius 3 is 2.57 bits per heavy atom. The molecule has 2 aromatic carbocycles. The summed E-state index contributed by atoms with van der Waals surface area (Å²) in [4.78, 5) is 17.1. The summed E-state index contributed by atoms with van der Waals surface area (Å²) in [5, 5.41) is 5.86. The number of rotatable bonds is 5. The molecule has 0 unspecified atom stereocenters. The molecule has 0 aliphatic carbocycles. The van der Waals surface area contributed by atoms with Gasteiger partial charge < -0.3 is 4.74 Å². The zero-order valence-electron chi connectivity index (χ0n) is 15.8. The van der Waals surface area contributed by atoms with E-state index in [1.54, 1.807) is 12.3 Å². The van der Waals surface area contributed by atoms with Crippen molar-refractivity contribution in [2.45, 2.75) is 13.2 Å². The van der Waals surface area contributed by atoms with Crippen molar-refractivity contribution in [2.75, 3.05) is 33.3 Å². The third kappa shape index (κ3) is 3.90. The van der Waals surface area contributed by atoms with Gasteiger partial charge in [-0.25, -0.2) is 9.07 Å². The summed E-state index contributed by atoms with van der Waals surface area (Å²) < 4.78 is 20.4. The number of fused-ring (bicyclic) bond motifs is 1. The molecule has 0 N–H and O–H groups in total. The number of halogens is 1. The fourth-order valence-electron chi connectivity index (χ4n) is 3.57. The fourth-order valence-corrected chi connectivity index (χ4v) is 3.57. The standard InChI is InChI=1S/C21H23FN4O2/c1-28-20-7-6-16(12-19(20)22)14-24-8-10-25(11-9-24)15-26-21(27)18-5-3-2-4-17(18)13-23-26/h2-7,12-13H,8-11,14-15H2,1H3. The molecule has 146 valence electrons. The van der Waals surface area contributed by atoms with Gasteiger partial charge >= 0.3 is 0 Å². The summed E-state index contributed by atoms with van der Waals surface area (Å²) in [5.41, 5.74) is 0.869. The van der Waals surface area contributed by atoms with Gasteiger partial charge in [0.1, 0.15) is 0 Å². The van der Waals surface area contributed by atoms with Crippen LogP contribution in [0.15, 0.2) is 53.5 Å². The Morgan fingerprint density at radius 2 is 1.82 bits per heavy atom. The van der Waals surface area contributed by atoms with E-state index in [9.17, 15) is 9.18 Å². The second-order valence-electron chi connectivity index (χ2n) is 7.04. The van der Waals surface area contributed by atoms with E-state index in [4.69, 9.17) is 4.74 Å². The SMILES string of the molecule is COc1ccc(CN2CCN(Cn3ncc4ccccc4c3=O)CC2)cc1F. The molecule has 1 aliphatic heterocycles. The predicted molar refractivity (Wildman–Crippen MR) is 106 cm³/mol. The number of nitrogens with zero attached hydrogens (tertiary/aromatic N) is 4. The first-order valence-electron chi connectivity index (χ1n) is 9.36. The van der Waals surface area contributed by atoms with Crippen molar-refractivity contribution < 1.29 is 9.13 Å². The molecule has 3 aromatic rings. The molecule has 2 heterocycles. The zero-order valence-corrected chi connectivity index (χ0v) is 15.8. The van der Waals surface area contributed by atoms with Crippen molar-refractivity contribution in [3.63, 3.8) is 0 Å². The van der Waals surface area contributed by atoms with Crippen LogP contribution in [-0.4, -0.2) is 52.9 Å². The lowest BCUT2D eigenvalue weighted by atomic mass is 10.2. The van der Waals surface area contributed by atoms with E-state index < -0.39 is 0 Å². The van der Waals surface area contributed by atoms with Gasteiger partial charge in [-0.15, -0.1) is 0 Å². The van der Waals surface area contributed by atoms with E-state index in [1.807, 2.05) is 30.3 Å². The van der Waals surface area contributed by atoms with Crippen LogP contribution in [0.25, 0.3) is 10.8 Å². The Balaban J connectivity index is 1.36. The minimum Gasteiger partial charge on any atom is -0.494 e. The fraction of sp³-hybridized carbons (Fsp3) is 0.333. The molecule has 0 bridgehead atoms. The quantitative estimate of drug-likeness (QED) is 0.678. The molecular formula is C21H23FN4O2. The van der Waals surface area contributed by atoms with Crippen LogP contribution in [0.3, 0.4) is 0 Å². The first-order chi connectivity index (χ1) is 13.6. The highest BCUT2D eigenvalue weighted by molar-refractivity contribution is 5.80. The van der Waals surface area contributed by atoms with Crippen LogP contribution in [-0.2, 0) is 13.2 Å². The number of benzene rings is 2. The highest BCUT2D eigenvalue weighted by Gasteiger charge is 2.18. The maximum Gasteiger partial charge on any atom is 0.275 e. The largest absolute Gasteiger partial charge is 0.494 e. The lowest BCUT2D eigenvalue weighted by Gasteiger charge is -2.34. The molecule has 0 amide bonds.